The average molecular weight is 987 g/mol. The number of nitrogens with one attached hydrogen (secondary N) is 3. The number of pyridine rings is 3. The normalized spacial score (nSPS) is 17.5. The Hall–Kier alpha value is -6.70. The van der Waals surface area contributed by atoms with Gasteiger partial charge in [0.05, 0.1) is 23.8 Å². The van der Waals surface area contributed by atoms with Crippen LogP contribution in [0.25, 0.3) is 0 Å². The highest BCUT2D eigenvalue weighted by molar-refractivity contribution is 6.30. The molecule has 3 N–H and O–H groups in total. The van der Waals surface area contributed by atoms with Gasteiger partial charge < -0.3 is 35.4 Å². The highest BCUT2D eigenvalue weighted by atomic mass is 35.5. The van der Waals surface area contributed by atoms with Crippen molar-refractivity contribution in [1.29, 1.82) is 0 Å². The summed E-state index contributed by atoms with van der Waals surface area (Å²) in [5.74, 6) is 4.93. The van der Waals surface area contributed by atoms with Crippen LogP contribution in [0.1, 0.15) is 90.4 Å². The van der Waals surface area contributed by atoms with Gasteiger partial charge in [-0.25, -0.2) is 15.0 Å². The van der Waals surface area contributed by atoms with Crippen molar-refractivity contribution >= 4 is 76.2 Å². The zero-order valence-corrected chi connectivity index (χ0v) is 42.1. The lowest BCUT2D eigenvalue weighted by atomic mass is 10.00. The molecule has 3 saturated heterocycles. The van der Waals surface area contributed by atoms with Crippen LogP contribution in [0.5, 0.6) is 5.75 Å². The Morgan fingerprint density at radius 1 is 0.514 bits per heavy atom. The number of halogens is 2. The van der Waals surface area contributed by atoms with E-state index in [-0.39, 0.29) is 30.1 Å². The van der Waals surface area contributed by atoms with Crippen molar-refractivity contribution in [3.8, 4) is 5.75 Å². The molecule has 3 aliphatic heterocycles. The van der Waals surface area contributed by atoms with Gasteiger partial charge in [0.1, 0.15) is 23.2 Å². The molecule has 3 unspecified atom stereocenters. The van der Waals surface area contributed by atoms with Gasteiger partial charge in [-0.2, -0.15) is 0 Å². The van der Waals surface area contributed by atoms with E-state index in [0.717, 1.165) is 87.2 Å². The van der Waals surface area contributed by atoms with E-state index in [2.05, 4.69) is 51.7 Å². The molecule has 6 aromatic rings. The van der Waals surface area contributed by atoms with Gasteiger partial charge in [-0.1, -0.05) is 56.6 Å². The molecule has 15 heteroatoms. The monoisotopic (exact) mass is 985 g/mol. The molecule has 0 aliphatic carbocycles. The number of anilines is 6. The fraction of sp³-hybridized carbons (Fsp3) is 0.345. The van der Waals surface area contributed by atoms with Gasteiger partial charge in [0.15, 0.2) is 0 Å². The Labute approximate surface area is 423 Å². The Morgan fingerprint density at radius 2 is 0.900 bits per heavy atom. The predicted octanol–water partition coefficient (Wildman–Crippen LogP) is 12.2. The summed E-state index contributed by atoms with van der Waals surface area (Å²) >= 11 is 5.97. The first-order chi connectivity index (χ1) is 33.5. The zero-order chi connectivity index (χ0) is 48.5. The summed E-state index contributed by atoms with van der Waals surface area (Å²) in [6, 6.07) is 36.0. The number of para-hydroxylation sites is 1. The van der Waals surface area contributed by atoms with E-state index < -0.39 is 0 Å². The molecule has 368 valence electrons. The lowest BCUT2D eigenvalue weighted by Gasteiger charge is -2.30. The molecule has 0 bridgehead atoms. The van der Waals surface area contributed by atoms with E-state index >= 15 is 0 Å². The zero-order valence-electron chi connectivity index (χ0n) is 40.5. The number of nitrogens with zero attached hydrogens (tertiary/aromatic N) is 6. The number of ether oxygens (including phenoxy) is 1. The molecular weight excluding hydrogens is 922 g/mol. The maximum atomic E-state index is 12.5. The first kappa shape index (κ1) is 52.7. The molecule has 3 aromatic heterocycles. The number of rotatable bonds is 10. The van der Waals surface area contributed by atoms with Gasteiger partial charge in [-0.15, -0.1) is 12.4 Å². The molecule has 70 heavy (non-hydrogen) atoms. The minimum absolute atomic E-state index is 0. The number of methoxy groups -OCH3 is 1. The van der Waals surface area contributed by atoms with E-state index in [0.29, 0.717) is 51.1 Å². The minimum Gasteiger partial charge on any atom is -0.497 e. The van der Waals surface area contributed by atoms with Crippen LogP contribution in [0, 0.1) is 17.8 Å². The lowest BCUT2D eigenvalue weighted by Crippen LogP contribution is -2.39. The van der Waals surface area contributed by atoms with E-state index in [1.807, 2.05) is 130 Å². The molecule has 3 aliphatic rings. The molecule has 6 heterocycles. The second kappa shape index (κ2) is 26.3. The molecule has 0 saturated carbocycles. The summed E-state index contributed by atoms with van der Waals surface area (Å²) in [4.78, 5) is 56.4. The molecule has 3 atom stereocenters. The number of aromatic nitrogens is 3. The fourth-order valence-corrected chi connectivity index (χ4v) is 8.85. The van der Waals surface area contributed by atoms with Crippen LogP contribution in [-0.2, 0) is 0 Å². The number of piperidine rings is 3. The van der Waals surface area contributed by atoms with Crippen molar-refractivity contribution in [2.75, 3.05) is 62.3 Å². The number of benzene rings is 3. The molecule has 3 amide bonds. The van der Waals surface area contributed by atoms with Gasteiger partial charge in [-0.05, 0) is 147 Å². The standard InChI is InChI=1S/C19H23N3O2.C18H20ClN3O.C18H21N3O.ClH/c1-14-4-3-11-22(13-14)19(23)15-5-10-18(20-12-15)21-16-6-8-17(24-2)9-7-16;1-13-4-3-9-22(12-13)18(23)14-7-8-17(20-11-14)21-16-6-2-5-15(19)10-16;1-14-6-5-11-21(13-14)18(22)15-9-10-17(19-12-15)20-16-7-3-2-4-8-16;/h5-10,12,14H,3-4,11,13H2,1-2H3,(H,20,21);2,5-8,10-11,13H,3-4,9,12H2,1H3,(H,20,21);2-4,7-10,12,14H,5-6,11,13H2,1H3,(H,19,20);1H. The topological polar surface area (TPSA) is 145 Å². The van der Waals surface area contributed by atoms with Gasteiger partial charge in [0.25, 0.3) is 17.7 Å². The van der Waals surface area contributed by atoms with E-state index in [1.165, 1.54) is 19.3 Å². The van der Waals surface area contributed by atoms with E-state index in [9.17, 15) is 14.4 Å². The number of hydrogen-bond acceptors (Lipinski definition) is 10. The first-order valence-corrected chi connectivity index (χ1v) is 24.4. The van der Waals surface area contributed by atoms with Gasteiger partial charge in [0.2, 0.25) is 0 Å². The van der Waals surface area contributed by atoms with Crippen molar-refractivity contribution < 1.29 is 19.1 Å². The summed E-state index contributed by atoms with van der Waals surface area (Å²) in [5, 5.41) is 10.3. The number of likely N-dealkylation sites (tertiary alicyclic amines) is 3. The highest BCUT2D eigenvalue weighted by Crippen LogP contribution is 2.24. The van der Waals surface area contributed by atoms with Gasteiger partial charge in [0, 0.05) is 79.9 Å². The maximum Gasteiger partial charge on any atom is 0.255 e. The molecule has 3 aromatic carbocycles. The average Bonchev–Trinajstić information content (AvgIpc) is 3.37. The molecule has 3 fully saturated rings. The Kier molecular flexibility index (Phi) is 19.8. The SMILES string of the molecule is CC1CCCN(C(=O)c2ccc(Nc3cccc(Cl)c3)nc2)C1.CC1CCCN(C(=O)c2ccc(Nc3ccccc3)nc2)C1.COc1ccc(Nc2ccc(C(=O)N3CCCC(C)C3)cn2)cc1.Cl. The van der Waals surface area contributed by atoms with Crippen LogP contribution < -0.4 is 20.7 Å². The van der Waals surface area contributed by atoms with E-state index in [1.54, 1.807) is 25.7 Å². The van der Waals surface area contributed by atoms with Crippen LogP contribution in [0.4, 0.5) is 34.5 Å². The van der Waals surface area contributed by atoms with Crippen molar-refractivity contribution in [2.24, 2.45) is 17.8 Å². The molecule has 0 radical (unpaired) electrons. The van der Waals surface area contributed by atoms with Crippen LogP contribution in [-0.4, -0.2) is 93.8 Å². The van der Waals surface area contributed by atoms with E-state index in [4.69, 9.17) is 16.3 Å². The number of hydrogen-bond donors (Lipinski definition) is 3. The first-order valence-electron chi connectivity index (χ1n) is 24.0. The van der Waals surface area contributed by atoms with Crippen LogP contribution in [0.2, 0.25) is 5.02 Å². The second-order valence-corrected chi connectivity index (χ2v) is 18.7. The summed E-state index contributed by atoms with van der Waals surface area (Å²) in [6.45, 7) is 11.6. The Bertz CT molecular complexity index is 2570. The van der Waals surface area contributed by atoms with Crippen LogP contribution in [0.15, 0.2) is 134 Å². The molecule has 0 spiro atoms. The third kappa shape index (κ3) is 15.7. The van der Waals surface area contributed by atoms with Gasteiger partial charge in [-0.3, -0.25) is 14.4 Å². The van der Waals surface area contributed by atoms with Crippen molar-refractivity contribution in [2.45, 2.75) is 59.3 Å². The summed E-state index contributed by atoms with van der Waals surface area (Å²) in [6.07, 6.45) is 11.8. The molecule has 9 rings (SSSR count). The third-order valence-electron chi connectivity index (χ3n) is 12.4. The lowest BCUT2D eigenvalue weighted by molar-refractivity contribution is 0.0676. The molecule has 13 nitrogen and oxygen atoms in total. The van der Waals surface area contributed by atoms with Gasteiger partial charge >= 0.3 is 0 Å². The summed E-state index contributed by atoms with van der Waals surface area (Å²) < 4.78 is 5.14. The van der Waals surface area contributed by atoms with Crippen molar-refractivity contribution in [1.82, 2.24) is 29.7 Å². The number of amides is 3. The summed E-state index contributed by atoms with van der Waals surface area (Å²) in [5.41, 5.74) is 4.72. The number of carbonyl (C=O) groups is 3. The van der Waals surface area contributed by atoms with Crippen LogP contribution >= 0.6 is 24.0 Å². The second-order valence-electron chi connectivity index (χ2n) is 18.3. The number of carbonyl (C=O) groups excluding carboxylic acids is 3. The Morgan fingerprint density at radius 3 is 1.26 bits per heavy atom. The predicted molar refractivity (Wildman–Crippen MR) is 284 cm³/mol. The third-order valence-corrected chi connectivity index (χ3v) is 12.6. The smallest absolute Gasteiger partial charge is 0.255 e. The maximum absolute atomic E-state index is 12.5. The van der Waals surface area contributed by atoms with Crippen LogP contribution in [0.3, 0.4) is 0 Å². The minimum atomic E-state index is 0. The quantitative estimate of drug-likeness (QED) is 0.121. The Balaban J connectivity index is 0.000000171. The largest absolute Gasteiger partial charge is 0.497 e. The summed E-state index contributed by atoms with van der Waals surface area (Å²) in [7, 11) is 1.64. The fourth-order valence-electron chi connectivity index (χ4n) is 8.66. The van der Waals surface area contributed by atoms with Crippen molar-refractivity contribution in [3.63, 3.8) is 0 Å². The molecular formula is C55H65Cl2N9O4. The van der Waals surface area contributed by atoms with Crippen molar-refractivity contribution in [3.05, 3.63) is 156 Å². The highest BCUT2D eigenvalue weighted by Gasteiger charge is 2.24.